The number of hydrogen-bond donors (Lipinski definition) is 1. The normalized spacial score (nSPS) is 12.3. The molecule has 0 unspecified atom stereocenters. The average Bonchev–Trinajstić information content (AvgIpc) is 3.08. The minimum atomic E-state index is -0.503. The lowest BCUT2D eigenvalue weighted by Crippen LogP contribution is -2.18. The zero-order valence-electron chi connectivity index (χ0n) is 13.8. The number of fused-ring (bicyclic) bond motifs is 2. The Morgan fingerprint density at radius 2 is 2.08 bits per heavy atom. The summed E-state index contributed by atoms with van der Waals surface area (Å²) in [6.07, 6.45) is 1.28. The van der Waals surface area contributed by atoms with Crippen molar-refractivity contribution in [2.45, 2.75) is 6.54 Å². The Bertz CT molecular complexity index is 1080. The monoisotopic (exact) mass is 354 g/mol. The number of benzene rings is 2. The SMILES string of the molecule is CN(Cc1ccc2c(c1)OCO2)c1cc2nc[nH]c(=O)c2cc1[N+](=O)[O-]. The van der Waals surface area contributed by atoms with Gasteiger partial charge < -0.3 is 19.4 Å². The van der Waals surface area contributed by atoms with Crippen molar-refractivity contribution in [3.8, 4) is 11.5 Å². The van der Waals surface area contributed by atoms with Crippen LogP contribution in [0, 0.1) is 10.1 Å². The summed E-state index contributed by atoms with van der Waals surface area (Å²) in [4.78, 5) is 31.1. The number of aromatic nitrogens is 2. The quantitative estimate of drug-likeness (QED) is 0.565. The fraction of sp³-hybridized carbons (Fsp3) is 0.176. The molecule has 0 radical (unpaired) electrons. The van der Waals surface area contributed by atoms with Crippen LogP contribution in [-0.4, -0.2) is 28.7 Å². The maximum absolute atomic E-state index is 11.9. The Balaban J connectivity index is 1.73. The van der Waals surface area contributed by atoms with E-state index in [1.807, 2.05) is 12.1 Å². The Morgan fingerprint density at radius 3 is 2.88 bits per heavy atom. The predicted octanol–water partition coefficient (Wildman–Crippen LogP) is 2.20. The van der Waals surface area contributed by atoms with Crippen molar-refractivity contribution in [1.82, 2.24) is 9.97 Å². The molecular weight excluding hydrogens is 340 g/mol. The third-order valence-corrected chi connectivity index (χ3v) is 4.20. The number of nitrogens with one attached hydrogen (secondary N) is 1. The van der Waals surface area contributed by atoms with Gasteiger partial charge in [0.25, 0.3) is 11.2 Å². The first kappa shape index (κ1) is 15.9. The third kappa shape index (κ3) is 2.69. The van der Waals surface area contributed by atoms with E-state index in [0.29, 0.717) is 29.2 Å². The largest absolute Gasteiger partial charge is 0.454 e. The molecule has 0 atom stereocenters. The molecule has 9 nitrogen and oxygen atoms in total. The molecule has 3 aromatic rings. The number of anilines is 1. The molecule has 0 saturated heterocycles. The van der Waals surface area contributed by atoms with Crippen molar-refractivity contribution in [1.29, 1.82) is 0 Å². The summed E-state index contributed by atoms with van der Waals surface area (Å²) in [5, 5.41) is 11.7. The van der Waals surface area contributed by atoms with Gasteiger partial charge in [-0.1, -0.05) is 6.07 Å². The molecule has 4 rings (SSSR count). The number of nitrogens with zero attached hydrogens (tertiary/aromatic N) is 3. The molecule has 0 fully saturated rings. The Labute approximate surface area is 146 Å². The van der Waals surface area contributed by atoms with E-state index in [1.165, 1.54) is 12.4 Å². The van der Waals surface area contributed by atoms with E-state index >= 15 is 0 Å². The van der Waals surface area contributed by atoms with Crippen molar-refractivity contribution >= 4 is 22.3 Å². The number of rotatable bonds is 4. The molecule has 0 amide bonds. The molecular formula is C17H14N4O5. The van der Waals surface area contributed by atoms with Crippen LogP contribution in [0.15, 0.2) is 41.5 Å². The van der Waals surface area contributed by atoms with Gasteiger partial charge >= 0.3 is 0 Å². The fourth-order valence-electron chi connectivity index (χ4n) is 2.94. The van der Waals surface area contributed by atoms with Gasteiger partial charge in [0.05, 0.1) is 22.2 Å². The molecule has 1 aliphatic heterocycles. The van der Waals surface area contributed by atoms with Crippen molar-refractivity contribution in [3.63, 3.8) is 0 Å². The van der Waals surface area contributed by atoms with Crippen LogP contribution in [0.1, 0.15) is 5.56 Å². The zero-order chi connectivity index (χ0) is 18.3. The summed E-state index contributed by atoms with van der Waals surface area (Å²) in [5.41, 5.74) is 1.11. The van der Waals surface area contributed by atoms with E-state index in [1.54, 1.807) is 24.1 Å². The molecule has 9 heteroatoms. The first-order valence-electron chi connectivity index (χ1n) is 7.78. The number of ether oxygens (including phenoxy) is 2. The van der Waals surface area contributed by atoms with Crippen LogP contribution in [0.3, 0.4) is 0 Å². The van der Waals surface area contributed by atoms with Gasteiger partial charge in [-0.2, -0.15) is 0 Å². The molecule has 26 heavy (non-hydrogen) atoms. The average molecular weight is 354 g/mol. The molecule has 1 aliphatic rings. The standard InChI is InChI=1S/C17H14N4O5/c1-20(7-10-2-3-15-16(4-10)26-9-25-15)13-6-12-11(5-14(13)21(23)24)17(22)19-8-18-12/h2-6,8H,7,9H2,1H3,(H,18,19,22). The fourth-order valence-corrected chi connectivity index (χ4v) is 2.94. The van der Waals surface area contributed by atoms with Crippen LogP contribution >= 0.6 is 0 Å². The van der Waals surface area contributed by atoms with Gasteiger partial charge in [0, 0.05) is 19.7 Å². The number of nitro groups is 1. The highest BCUT2D eigenvalue weighted by Crippen LogP contribution is 2.35. The second kappa shape index (κ2) is 6.03. The minimum absolute atomic E-state index is 0.153. The lowest BCUT2D eigenvalue weighted by atomic mass is 10.1. The van der Waals surface area contributed by atoms with Gasteiger partial charge in [0.1, 0.15) is 5.69 Å². The number of hydrogen-bond acceptors (Lipinski definition) is 7. The molecule has 1 aromatic heterocycles. The number of H-pyrrole nitrogens is 1. The van der Waals surface area contributed by atoms with Crippen LogP contribution in [0.4, 0.5) is 11.4 Å². The highest BCUT2D eigenvalue weighted by molar-refractivity contribution is 5.86. The van der Waals surface area contributed by atoms with Crippen molar-refractivity contribution in [2.75, 3.05) is 18.7 Å². The molecule has 0 spiro atoms. The van der Waals surface area contributed by atoms with Crippen molar-refractivity contribution in [3.05, 3.63) is 62.7 Å². The summed E-state index contributed by atoms with van der Waals surface area (Å²) >= 11 is 0. The molecule has 0 aliphatic carbocycles. The van der Waals surface area contributed by atoms with Crippen LogP contribution in [0.2, 0.25) is 0 Å². The summed E-state index contributed by atoms with van der Waals surface area (Å²) in [5.74, 6) is 1.33. The smallest absolute Gasteiger partial charge is 0.293 e. The predicted molar refractivity (Wildman–Crippen MR) is 93.7 cm³/mol. The van der Waals surface area contributed by atoms with E-state index < -0.39 is 10.5 Å². The van der Waals surface area contributed by atoms with Gasteiger partial charge in [-0.15, -0.1) is 0 Å². The second-order valence-corrected chi connectivity index (χ2v) is 5.89. The topological polar surface area (TPSA) is 111 Å². The third-order valence-electron chi connectivity index (χ3n) is 4.20. The zero-order valence-corrected chi connectivity index (χ0v) is 13.8. The molecule has 2 heterocycles. The summed E-state index contributed by atoms with van der Waals surface area (Å²) in [7, 11) is 1.74. The van der Waals surface area contributed by atoms with Gasteiger partial charge in [-0.3, -0.25) is 14.9 Å². The van der Waals surface area contributed by atoms with Gasteiger partial charge in [-0.25, -0.2) is 4.98 Å². The lowest BCUT2D eigenvalue weighted by Gasteiger charge is -2.19. The van der Waals surface area contributed by atoms with Gasteiger partial charge in [0.2, 0.25) is 6.79 Å². The molecule has 132 valence electrons. The molecule has 2 aromatic carbocycles. The van der Waals surface area contributed by atoms with E-state index in [0.717, 1.165) is 5.56 Å². The minimum Gasteiger partial charge on any atom is -0.454 e. The maximum atomic E-state index is 11.9. The summed E-state index contributed by atoms with van der Waals surface area (Å²) < 4.78 is 10.6. The summed E-state index contributed by atoms with van der Waals surface area (Å²) in [6, 6.07) is 8.33. The molecule has 0 bridgehead atoms. The highest BCUT2D eigenvalue weighted by Gasteiger charge is 2.21. The van der Waals surface area contributed by atoms with Crippen molar-refractivity contribution < 1.29 is 14.4 Å². The van der Waals surface area contributed by atoms with Gasteiger partial charge in [0.15, 0.2) is 11.5 Å². The maximum Gasteiger partial charge on any atom is 0.293 e. The first-order valence-corrected chi connectivity index (χ1v) is 7.78. The highest BCUT2D eigenvalue weighted by atomic mass is 16.7. The van der Waals surface area contributed by atoms with E-state index in [2.05, 4.69) is 9.97 Å². The summed E-state index contributed by atoms with van der Waals surface area (Å²) in [6.45, 7) is 0.594. The van der Waals surface area contributed by atoms with Crippen LogP contribution in [0.5, 0.6) is 11.5 Å². The first-order chi connectivity index (χ1) is 12.5. The van der Waals surface area contributed by atoms with E-state index in [-0.39, 0.29) is 17.9 Å². The lowest BCUT2D eigenvalue weighted by molar-refractivity contribution is -0.384. The Kier molecular flexibility index (Phi) is 3.68. The van der Waals surface area contributed by atoms with E-state index in [4.69, 9.17) is 9.47 Å². The van der Waals surface area contributed by atoms with E-state index in [9.17, 15) is 14.9 Å². The number of nitro benzene ring substituents is 1. The Hall–Kier alpha value is -3.62. The second-order valence-electron chi connectivity index (χ2n) is 5.89. The Morgan fingerprint density at radius 1 is 1.27 bits per heavy atom. The molecule has 0 saturated carbocycles. The van der Waals surface area contributed by atoms with Crippen molar-refractivity contribution in [2.24, 2.45) is 0 Å². The van der Waals surface area contributed by atoms with Crippen LogP contribution in [-0.2, 0) is 6.54 Å². The van der Waals surface area contributed by atoms with Crippen LogP contribution < -0.4 is 19.9 Å². The number of aromatic amines is 1. The van der Waals surface area contributed by atoms with Gasteiger partial charge in [-0.05, 0) is 23.8 Å². The van der Waals surface area contributed by atoms with Crippen LogP contribution in [0.25, 0.3) is 10.9 Å². The molecule has 1 N–H and O–H groups in total.